The molecule has 0 radical (unpaired) electrons. The summed E-state index contributed by atoms with van der Waals surface area (Å²) in [4.78, 5) is 41.6. The van der Waals surface area contributed by atoms with Crippen LogP contribution in [0.1, 0.15) is 16.7 Å². The number of aliphatic carboxylic acids is 1. The Bertz CT molecular complexity index is 1450. The minimum absolute atomic E-state index is 0.0184. The van der Waals surface area contributed by atoms with E-state index in [9.17, 15) is 29.7 Å². The molecule has 4 rings (SSSR count). The summed E-state index contributed by atoms with van der Waals surface area (Å²) >= 11 is 0. The molecule has 3 atom stereocenters. The van der Waals surface area contributed by atoms with Gasteiger partial charge in [0.2, 0.25) is 11.8 Å². The molecule has 2 amide bonds. The fraction of sp³-hybridized carbons (Fsp3) is 0.207. The lowest BCUT2D eigenvalue weighted by atomic mass is 10.0. The van der Waals surface area contributed by atoms with E-state index in [2.05, 4.69) is 15.6 Å². The van der Waals surface area contributed by atoms with Crippen molar-refractivity contribution in [2.75, 3.05) is 0 Å². The van der Waals surface area contributed by atoms with Gasteiger partial charge in [-0.2, -0.15) is 0 Å². The molecule has 0 saturated carbocycles. The van der Waals surface area contributed by atoms with Crippen molar-refractivity contribution in [2.45, 2.75) is 37.4 Å². The highest BCUT2D eigenvalue weighted by molar-refractivity contribution is 5.93. The number of H-pyrrole nitrogens is 1. The first kappa shape index (κ1) is 27.2. The minimum Gasteiger partial charge on any atom is -0.508 e. The van der Waals surface area contributed by atoms with E-state index >= 15 is 0 Å². The third kappa shape index (κ3) is 7.14. The Kier molecular flexibility index (Phi) is 8.47. The number of aromatic nitrogens is 1. The first-order chi connectivity index (χ1) is 18.7. The first-order valence-electron chi connectivity index (χ1n) is 12.4. The molecule has 0 aliphatic rings. The number of phenols is 2. The Morgan fingerprint density at radius 1 is 0.744 bits per heavy atom. The number of para-hydroxylation sites is 1. The molecule has 0 fully saturated rings. The number of aromatic hydroxyl groups is 2. The first-order valence-corrected chi connectivity index (χ1v) is 12.4. The number of nitrogens with one attached hydrogen (secondary N) is 3. The van der Waals surface area contributed by atoms with Crippen LogP contribution in [0.3, 0.4) is 0 Å². The van der Waals surface area contributed by atoms with E-state index in [0.29, 0.717) is 5.56 Å². The summed E-state index contributed by atoms with van der Waals surface area (Å²) < 4.78 is 0. The maximum Gasteiger partial charge on any atom is 0.326 e. The number of carboxylic acids is 1. The largest absolute Gasteiger partial charge is 0.508 e. The standard InChI is InChI=1S/C29H30N4O6/c30-23(13-17-5-9-20(34)10-6-17)27(36)32-25(15-19-16-31-24-4-2-1-3-22(19)24)28(37)33-26(29(38)39)14-18-7-11-21(35)12-8-18/h1-12,16,23,25-26,31,34-35H,13-15,30H2,(H,32,36)(H,33,37)(H,38,39). The van der Waals surface area contributed by atoms with Crippen LogP contribution in [0.15, 0.2) is 79.0 Å². The number of amides is 2. The molecule has 39 heavy (non-hydrogen) atoms. The van der Waals surface area contributed by atoms with E-state index in [1.807, 2.05) is 24.3 Å². The molecule has 0 bridgehead atoms. The van der Waals surface area contributed by atoms with Crippen LogP contribution in [0.5, 0.6) is 11.5 Å². The van der Waals surface area contributed by atoms with Gasteiger partial charge in [-0.3, -0.25) is 9.59 Å². The van der Waals surface area contributed by atoms with Gasteiger partial charge in [0.05, 0.1) is 6.04 Å². The number of fused-ring (bicyclic) bond motifs is 1. The Labute approximate surface area is 224 Å². The number of carboxylic acid groups (broad SMARTS) is 1. The summed E-state index contributed by atoms with van der Waals surface area (Å²) in [6.07, 6.45) is 2.00. The molecule has 8 N–H and O–H groups in total. The second-order valence-electron chi connectivity index (χ2n) is 9.37. The molecule has 10 heteroatoms. The average molecular weight is 531 g/mol. The van der Waals surface area contributed by atoms with Crippen LogP contribution in [0.2, 0.25) is 0 Å². The highest BCUT2D eigenvalue weighted by Crippen LogP contribution is 2.20. The highest BCUT2D eigenvalue weighted by atomic mass is 16.4. The van der Waals surface area contributed by atoms with E-state index in [0.717, 1.165) is 22.0 Å². The smallest absolute Gasteiger partial charge is 0.326 e. The van der Waals surface area contributed by atoms with Crippen LogP contribution in [0, 0.1) is 0 Å². The Morgan fingerprint density at radius 2 is 1.31 bits per heavy atom. The summed E-state index contributed by atoms with van der Waals surface area (Å²) in [6.45, 7) is 0. The van der Waals surface area contributed by atoms with E-state index in [1.165, 1.54) is 24.3 Å². The van der Waals surface area contributed by atoms with E-state index in [-0.39, 0.29) is 30.8 Å². The van der Waals surface area contributed by atoms with Crippen LogP contribution in [0.4, 0.5) is 0 Å². The van der Waals surface area contributed by atoms with Crippen molar-refractivity contribution < 1.29 is 29.7 Å². The van der Waals surface area contributed by atoms with Crippen molar-refractivity contribution >= 4 is 28.7 Å². The predicted octanol–water partition coefficient (Wildman–Crippen LogP) is 1.99. The average Bonchev–Trinajstić information content (AvgIpc) is 3.33. The number of nitrogens with two attached hydrogens (primary N) is 1. The zero-order valence-electron chi connectivity index (χ0n) is 21.0. The van der Waals surface area contributed by atoms with Crippen LogP contribution < -0.4 is 16.4 Å². The summed E-state index contributed by atoms with van der Waals surface area (Å²) in [5.41, 5.74) is 9.10. The quantitative estimate of drug-likeness (QED) is 0.155. The van der Waals surface area contributed by atoms with Crippen molar-refractivity contribution in [3.8, 4) is 11.5 Å². The number of rotatable bonds is 11. The van der Waals surface area contributed by atoms with Gasteiger partial charge in [-0.05, 0) is 53.4 Å². The fourth-order valence-corrected chi connectivity index (χ4v) is 4.33. The van der Waals surface area contributed by atoms with Crippen LogP contribution in [-0.4, -0.2) is 56.2 Å². The van der Waals surface area contributed by atoms with E-state index in [4.69, 9.17) is 5.73 Å². The van der Waals surface area contributed by atoms with Crippen LogP contribution >= 0.6 is 0 Å². The third-order valence-electron chi connectivity index (χ3n) is 6.45. The van der Waals surface area contributed by atoms with Gasteiger partial charge in [-0.25, -0.2) is 4.79 Å². The van der Waals surface area contributed by atoms with Crippen molar-refractivity contribution in [3.63, 3.8) is 0 Å². The van der Waals surface area contributed by atoms with Crippen molar-refractivity contribution in [3.05, 3.63) is 95.7 Å². The Hall–Kier alpha value is -4.83. The molecule has 3 unspecified atom stereocenters. The number of benzene rings is 3. The van der Waals surface area contributed by atoms with Gasteiger partial charge >= 0.3 is 5.97 Å². The Balaban J connectivity index is 1.53. The number of hydrogen-bond acceptors (Lipinski definition) is 6. The SMILES string of the molecule is NC(Cc1ccc(O)cc1)C(=O)NC(Cc1c[nH]c2ccccc12)C(=O)NC(Cc1ccc(O)cc1)C(=O)O. The number of phenolic OH excluding ortho intramolecular Hbond substituents is 2. The van der Waals surface area contributed by atoms with Gasteiger partial charge in [-0.1, -0.05) is 42.5 Å². The maximum atomic E-state index is 13.4. The summed E-state index contributed by atoms with van der Waals surface area (Å²) in [6, 6.07) is 16.5. The zero-order chi connectivity index (χ0) is 27.9. The number of carbonyl (C=O) groups excluding carboxylic acids is 2. The van der Waals surface area contributed by atoms with Crippen molar-refractivity contribution in [1.82, 2.24) is 15.6 Å². The molecule has 0 saturated heterocycles. The molecule has 202 valence electrons. The summed E-state index contributed by atoms with van der Waals surface area (Å²) in [5.74, 6) is -2.35. The molecule has 4 aromatic rings. The lowest BCUT2D eigenvalue weighted by Gasteiger charge is -2.23. The van der Waals surface area contributed by atoms with E-state index in [1.54, 1.807) is 30.5 Å². The molecule has 1 heterocycles. The third-order valence-corrected chi connectivity index (χ3v) is 6.45. The zero-order valence-corrected chi connectivity index (χ0v) is 21.0. The molecular weight excluding hydrogens is 500 g/mol. The van der Waals surface area contributed by atoms with Gasteiger partial charge in [0.1, 0.15) is 23.6 Å². The molecule has 0 spiro atoms. The van der Waals surface area contributed by atoms with Gasteiger partial charge in [0.15, 0.2) is 0 Å². The summed E-state index contributed by atoms with van der Waals surface area (Å²) in [7, 11) is 0. The second kappa shape index (κ2) is 12.1. The van der Waals surface area contributed by atoms with Gasteiger partial charge in [0, 0.05) is 29.9 Å². The number of carbonyl (C=O) groups is 3. The van der Waals surface area contributed by atoms with Gasteiger partial charge < -0.3 is 36.7 Å². The molecule has 0 aliphatic carbocycles. The molecular formula is C29H30N4O6. The lowest BCUT2D eigenvalue weighted by molar-refractivity contribution is -0.142. The topological polar surface area (TPSA) is 178 Å². The van der Waals surface area contributed by atoms with Gasteiger partial charge in [-0.15, -0.1) is 0 Å². The lowest BCUT2D eigenvalue weighted by Crippen LogP contribution is -2.55. The van der Waals surface area contributed by atoms with Crippen LogP contribution in [-0.2, 0) is 33.6 Å². The molecule has 1 aromatic heterocycles. The normalized spacial score (nSPS) is 13.4. The number of aromatic amines is 1. The Morgan fingerprint density at radius 3 is 1.92 bits per heavy atom. The maximum absolute atomic E-state index is 13.4. The minimum atomic E-state index is -1.27. The highest BCUT2D eigenvalue weighted by Gasteiger charge is 2.29. The van der Waals surface area contributed by atoms with Gasteiger partial charge in [0.25, 0.3) is 0 Å². The molecule has 3 aromatic carbocycles. The molecule has 10 nitrogen and oxygen atoms in total. The summed E-state index contributed by atoms with van der Waals surface area (Å²) in [5, 5.41) is 34.9. The van der Waals surface area contributed by atoms with Crippen molar-refractivity contribution in [1.29, 1.82) is 0 Å². The monoisotopic (exact) mass is 530 g/mol. The van der Waals surface area contributed by atoms with Crippen LogP contribution in [0.25, 0.3) is 10.9 Å². The fourth-order valence-electron chi connectivity index (χ4n) is 4.33. The molecule has 0 aliphatic heterocycles. The van der Waals surface area contributed by atoms with Crippen molar-refractivity contribution in [2.24, 2.45) is 5.73 Å². The van der Waals surface area contributed by atoms with E-state index < -0.39 is 35.9 Å². The predicted molar refractivity (Wildman–Crippen MR) is 145 cm³/mol. The second-order valence-corrected chi connectivity index (χ2v) is 9.37. The number of hydrogen-bond donors (Lipinski definition) is 7.